The summed E-state index contributed by atoms with van der Waals surface area (Å²) in [5.74, 6) is 0. The Labute approximate surface area is 377 Å². The van der Waals surface area contributed by atoms with Gasteiger partial charge in [0.15, 0.2) is 0 Å². The maximum Gasteiger partial charge on any atom is 0.211 e. The molecule has 3 heteroatoms. The second-order valence-electron chi connectivity index (χ2n) is 18.2. The maximum absolute atomic E-state index is 13.0. The van der Waals surface area contributed by atoms with Crippen LogP contribution in [-0.2, 0) is 55.0 Å². The van der Waals surface area contributed by atoms with E-state index >= 15 is 0 Å². The third-order valence-electron chi connectivity index (χ3n) is 13.1. The third kappa shape index (κ3) is 17.0. The molecule has 0 radical (unpaired) electrons. The predicted octanol–water partition coefficient (Wildman–Crippen LogP) is 18.4. The largest absolute Gasteiger partial charge is 0.493 e. The molecule has 0 unspecified atom stereocenters. The molecule has 59 heavy (non-hydrogen) atoms. The smallest absolute Gasteiger partial charge is 0.211 e. The van der Waals surface area contributed by atoms with E-state index in [1.807, 2.05) is 0 Å². The third-order valence-corrected chi connectivity index (χ3v) is 13.1. The van der Waals surface area contributed by atoms with Crippen molar-refractivity contribution in [3.63, 3.8) is 0 Å². The zero-order chi connectivity index (χ0) is 42.0. The SMILES string of the molecule is CCCCCCC1=C(c2cc(CCCCC)c(CCCCC)c(CCCCC)c2)[N+](=[N-])C(c2cc(CCCCC)c(CCCCC)c(CCCCC)c2)=C1CCCC.[Ni]. The van der Waals surface area contributed by atoms with E-state index in [2.05, 4.69) is 79.7 Å². The van der Waals surface area contributed by atoms with Crippen molar-refractivity contribution in [1.29, 1.82) is 0 Å². The summed E-state index contributed by atoms with van der Waals surface area (Å²) in [6, 6.07) is 10.3. The van der Waals surface area contributed by atoms with Crippen LogP contribution in [0.3, 0.4) is 0 Å². The Kier molecular flexibility index (Phi) is 28.6. The second kappa shape index (κ2) is 31.8. The molecule has 2 aromatic carbocycles. The van der Waals surface area contributed by atoms with Crippen molar-refractivity contribution in [3.05, 3.63) is 85.5 Å². The zero-order valence-electron chi connectivity index (χ0n) is 40.1. The van der Waals surface area contributed by atoms with Crippen molar-refractivity contribution in [3.8, 4) is 0 Å². The number of hydrogen-bond acceptors (Lipinski definition) is 0. The summed E-state index contributed by atoms with van der Waals surface area (Å²) in [6.07, 6.45) is 39.1. The Morgan fingerprint density at radius 2 is 0.576 bits per heavy atom. The van der Waals surface area contributed by atoms with E-state index < -0.39 is 0 Å². The molecule has 0 bridgehead atoms. The summed E-state index contributed by atoms with van der Waals surface area (Å²) in [4.78, 5) is 0. The van der Waals surface area contributed by atoms with E-state index in [0.29, 0.717) is 0 Å². The number of hydrogen-bond donors (Lipinski definition) is 0. The van der Waals surface area contributed by atoms with Gasteiger partial charge in [-0.05, 0) is 160 Å². The standard InChI is InChI=1S/C56H92N2.Ni/c1-9-17-25-32-40-54-53(37-24-16-8)55(49-41-45(33-26-18-10-2)51(38-30-22-14-6)46(42-49)34-27-19-11-3)58(57)56(54)50-43-47(35-28-20-12-4)52(39-31-23-15-7)48(44-50)36-29-21-13-5;/h41-44H,9-40H2,1-8H3;. The van der Waals surface area contributed by atoms with Crippen molar-refractivity contribution in [2.24, 2.45) is 0 Å². The van der Waals surface area contributed by atoms with Crippen LogP contribution in [-0.4, -0.2) is 4.70 Å². The molecule has 2 aromatic rings. The summed E-state index contributed by atoms with van der Waals surface area (Å²) in [5.41, 5.74) is 30.2. The fraction of sp³-hybridized carbons (Fsp3) is 0.714. The van der Waals surface area contributed by atoms with Crippen LogP contribution in [0, 0.1) is 0 Å². The molecule has 0 saturated carbocycles. The van der Waals surface area contributed by atoms with Crippen LogP contribution in [0.4, 0.5) is 0 Å². The zero-order valence-corrected chi connectivity index (χ0v) is 41.1. The van der Waals surface area contributed by atoms with Crippen LogP contribution in [0.15, 0.2) is 35.4 Å². The summed E-state index contributed by atoms with van der Waals surface area (Å²) < 4.78 is 1.75. The Morgan fingerprint density at radius 1 is 0.322 bits per heavy atom. The Balaban J connectivity index is 0.0000120. The molecule has 1 heterocycles. The maximum atomic E-state index is 13.0. The average molecular weight is 852 g/mol. The van der Waals surface area contributed by atoms with Crippen molar-refractivity contribution < 1.29 is 21.2 Å². The first-order valence-electron chi connectivity index (χ1n) is 25.7. The number of unbranched alkanes of at least 4 members (excludes halogenated alkanes) is 16. The van der Waals surface area contributed by atoms with Gasteiger partial charge in [0.2, 0.25) is 11.4 Å². The number of allylic oxidation sites excluding steroid dienone is 2. The molecule has 2 nitrogen and oxygen atoms in total. The molecule has 0 aliphatic carbocycles. The van der Waals surface area contributed by atoms with Crippen LogP contribution < -0.4 is 0 Å². The van der Waals surface area contributed by atoms with E-state index in [1.165, 1.54) is 176 Å². The molecule has 336 valence electrons. The molecular weight excluding hydrogens is 759 g/mol. The van der Waals surface area contributed by atoms with E-state index in [9.17, 15) is 5.53 Å². The molecule has 0 amide bonds. The van der Waals surface area contributed by atoms with Gasteiger partial charge in [0.25, 0.3) is 0 Å². The first-order chi connectivity index (χ1) is 28.4. The molecule has 0 spiro atoms. The number of benzene rings is 2. The van der Waals surface area contributed by atoms with Gasteiger partial charge in [0.05, 0.1) is 0 Å². The molecule has 3 rings (SSSR count). The van der Waals surface area contributed by atoms with Crippen LogP contribution >= 0.6 is 0 Å². The summed E-state index contributed by atoms with van der Waals surface area (Å²) in [5, 5.41) is 0. The van der Waals surface area contributed by atoms with Crippen molar-refractivity contribution in [1.82, 2.24) is 0 Å². The van der Waals surface area contributed by atoms with Crippen LogP contribution in [0.2, 0.25) is 0 Å². The Morgan fingerprint density at radius 3 is 0.881 bits per heavy atom. The minimum atomic E-state index is 0. The molecule has 0 N–H and O–H groups in total. The second-order valence-corrected chi connectivity index (χ2v) is 18.2. The molecule has 1 aliphatic heterocycles. The van der Waals surface area contributed by atoms with E-state index in [0.717, 1.165) is 62.8 Å². The van der Waals surface area contributed by atoms with Gasteiger partial charge >= 0.3 is 0 Å². The van der Waals surface area contributed by atoms with Gasteiger partial charge < -0.3 is 5.53 Å². The quantitative estimate of drug-likeness (QED) is 0.0381. The van der Waals surface area contributed by atoms with Crippen LogP contribution in [0.5, 0.6) is 0 Å². The van der Waals surface area contributed by atoms with Gasteiger partial charge in [0.1, 0.15) is 0 Å². The van der Waals surface area contributed by atoms with Crippen molar-refractivity contribution in [2.75, 3.05) is 0 Å². The van der Waals surface area contributed by atoms with E-state index in [-0.39, 0.29) is 16.5 Å². The first-order valence-corrected chi connectivity index (χ1v) is 25.7. The fourth-order valence-corrected chi connectivity index (χ4v) is 9.64. The topological polar surface area (TPSA) is 25.3 Å². The predicted molar refractivity (Wildman–Crippen MR) is 258 cm³/mol. The monoisotopic (exact) mass is 851 g/mol. The van der Waals surface area contributed by atoms with Gasteiger partial charge in [-0.15, -0.1) is 0 Å². The van der Waals surface area contributed by atoms with Gasteiger partial charge in [0, 0.05) is 38.8 Å². The average Bonchev–Trinajstić information content (AvgIpc) is 3.50. The summed E-state index contributed by atoms with van der Waals surface area (Å²) in [7, 11) is 0. The molecule has 0 atom stereocenters. The summed E-state index contributed by atoms with van der Waals surface area (Å²) >= 11 is 0. The fourth-order valence-electron chi connectivity index (χ4n) is 9.64. The summed E-state index contributed by atoms with van der Waals surface area (Å²) in [6.45, 7) is 18.7. The van der Waals surface area contributed by atoms with Crippen LogP contribution in [0.1, 0.15) is 267 Å². The van der Waals surface area contributed by atoms with Crippen molar-refractivity contribution >= 4 is 11.4 Å². The van der Waals surface area contributed by atoms with Gasteiger partial charge in [-0.3, -0.25) is 0 Å². The Bertz CT molecular complexity index is 1480. The van der Waals surface area contributed by atoms with Gasteiger partial charge in [-0.25, -0.2) is 4.70 Å². The number of aryl methyl sites for hydroxylation is 4. The molecule has 0 fully saturated rings. The molecule has 0 saturated heterocycles. The molecule has 1 aliphatic rings. The van der Waals surface area contributed by atoms with E-state index in [4.69, 9.17) is 0 Å². The van der Waals surface area contributed by atoms with E-state index in [1.54, 1.807) is 38.1 Å². The first kappa shape index (κ1) is 53.2. The van der Waals surface area contributed by atoms with Gasteiger partial charge in [-0.1, -0.05) is 158 Å². The Hall–Kier alpha value is -1.99. The minimum Gasteiger partial charge on any atom is -0.493 e. The van der Waals surface area contributed by atoms with Crippen molar-refractivity contribution in [2.45, 2.75) is 261 Å². The normalized spacial score (nSPS) is 13.0. The minimum absolute atomic E-state index is 0. The van der Waals surface area contributed by atoms with Crippen LogP contribution in [0.25, 0.3) is 16.9 Å². The molecule has 0 aromatic heterocycles. The molecular formula is C56H92N2Ni. The number of nitrogens with zero attached hydrogens (tertiary/aromatic N) is 2. The van der Waals surface area contributed by atoms with Gasteiger partial charge in [-0.2, -0.15) is 0 Å². The number of rotatable bonds is 34.